The van der Waals surface area contributed by atoms with Gasteiger partial charge in [-0.2, -0.15) is 0 Å². The maximum absolute atomic E-state index is 13.4. The first-order valence-corrected chi connectivity index (χ1v) is 10.7. The van der Waals surface area contributed by atoms with Gasteiger partial charge in [0.25, 0.3) is 5.91 Å². The van der Waals surface area contributed by atoms with Gasteiger partial charge in [-0.3, -0.25) is 4.79 Å². The molecular formula is C22H17BrCl2FNO2. The minimum atomic E-state index is -0.488. The molecular weight excluding hydrogens is 480 g/mol. The van der Waals surface area contributed by atoms with Gasteiger partial charge in [-0.15, -0.1) is 0 Å². The van der Waals surface area contributed by atoms with Crippen molar-refractivity contribution in [1.29, 1.82) is 0 Å². The van der Waals surface area contributed by atoms with Gasteiger partial charge in [-0.1, -0.05) is 57.3 Å². The molecule has 0 atom stereocenters. The topological polar surface area (TPSA) is 38.3 Å². The number of aryl methyl sites for hydroxylation is 1. The Balaban J connectivity index is 1.86. The number of benzene rings is 3. The van der Waals surface area contributed by atoms with E-state index in [-0.39, 0.29) is 21.4 Å². The Kier molecular flexibility index (Phi) is 7.53. The van der Waals surface area contributed by atoms with Crippen LogP contribution in [0.15, 0.2) is 60.7 Å². The van der Waals surface area contributed by atoms with Crippen molar-refractivity contribution < 1.29 is 13.9 Å². The number of carbonyl (C=O) groups excluding carboxylic acids is 1. The lowest BCUT2D eigenvalue weighted by Gasteiger charge is -2.14. The molecule has 0 radical (unpaired) electrons. The Labute approximate surface area is 186 Å². The standard InChI is InChI=1S/C22H17BrCl2FNO2/c23-12-2-3-14-6-8-17(9-7-14)29-21-18(10-11-19(24)20(21)25)22(28)27-16-5-1-4-15(26)13-16/h1,4-11,13H,2-3,12H2,(H,27,28). The number of hydrogen-bond acceptors (Lipinski definition) is 2. The van der Waals surface area contributed by atoms with Crippen LogP contribution in [0.1, 0.15) is 22.3 Å². The van der Waals surface area contributed by atoms with Gasteiger partial charge < -0.3 is 10.1 Å². The van der Waals surface area contributed by atoms with E-state index in [1.165, 1.54) is 35.9 Å². The quantitative estimate of drug-likeness (QED) is 0.344. The third kappa shape index (κ3) is 5.72. The molecule has 3 rings (SSSR count). The van der Waals surface area contributed by atoms with Gasteiger partial charge in [0.15, 0.2) is 5.75 Å². The number of nitrogens with one attached hydrogen (secondary N) is 1. The first kappa shape index (κ1) is 21.6. The van der Waals surface area contributed by atoms with E-state index < -0.39 is 11.7 Å². The second-order valence-corrected chi connectivity index (χ2v) is 7.82. The number of ether oxygens (including phenoxy) is 1. The number of carbonyl (C=O) groups is 1. The van der Waals surface area contributed by atoms with Crippen molar-refractivity contribution in [3.05, 3.63) is 87.7 Å². The zero-order valence-electron chi connectivity index (χ0n) is 15.2. The summed E-state index contributed by atoms with van der Waals surface area (Å²) in [6.45, 7) is 0. The molecule has 0 saturated heterocycles. The summed E-state index contributed by atoms with van der Waals surface area (Å²) in [6, 6.07) is 16.2. The lowest BCUT2D eigenvalue weighted by atomic mass is 10.1. The SMILES string of the molecule is O=C(Nc1cccc(F)c1)c1ccc(Cl)c(Cl)c1Oc1ccc(CCCBr)cc1. The predicted octanol–water partition coefficient (Wildman–Crippen LogP) is 7.50. The van der Waals surface area contributed by atoms with Crippen molar-refractivity contribution in [3.8, 4) is 11.5 Å². The van der Waals surface area contributed by atoms with E-state index in [1.54, 1.807) is 6.07 Å². The average molecular weight is 497 g/mol. The summed E-state index contributed by atoms with van der Waals surface area (Å²) in [6.07, 6.45) is 1.98. The van der Waals surface area contributed by atoms with Crippen LogP contribution in [0.25, 0.3) is 0 Å². The molecule has 150 valence electrons. The van der Waals surface area contributed by atoms with E-state index >= 15 is 0 Å². The fraction of sp³-hybridized carbons (Fsp3) is 0.136. The van der Waals surface area contributed by atoms with Crippen LogP contribution in [0.5, 0.6) is 11.5 Å². The largest absolute Gasteiger partial charge is 0.455 e. The Morgan fingerprint density at radius 3 is 2.52 bits per heavy atom. The van der Waals surface area contributed by atoms with Gasteiger partial charge >= 0.3 is 0 Å². The van der Waals surface area contributed by atoms with Crippen LogP contribution in [0.2, 0.25) is 10.0 Å². The van der Waals surface area contributed by atoms with Gasteiger partial charge in [0.2, 0.25) is 0 Å². The monoisotopic (exact) mass is 495 g/mol. The summed E-state index contributed by atoms with van der Waals surface area (Å²) in [4.78, 5) is 12.8. The average Bonchev–Trinajstić information content (AvgIpc) is 2.71. The molecule has 1 N–H and O–H groups in total. The molecule has 3 aromatic carbocycles. The molecule has 3 nitrogen and oxygen atoms in total. The number of halogens is 4. The molecule has 0 aliphatic rings. The zero-order chi connectivity index (χ0) is 20.8. The Hall–Kier alpha value is -2.08. The van der Waals surface area contributed by atoms with E-state index in [4.69, 9.17) is 27.9 Å². The summed E-state index contributed by atoms with van der Waals surface area (Å²) in [5, 5.41) is 3.97. The first-order chi connectivity index (χ1) is 14.0. The van der Waals surface area contributed by atoms with E-state index in [0.717, 1.165) is 18.2 Å². The predicted molar refractivity (Wildman–Crippen MR) is 119 cm³/mol. The molecule has 0 aliphatic carbocycles. The summed E-state index contributed by atoms with van der Waals surface area (Å²) >= 11 is 15.9. The van der Waals surface area contributed by atoms with Crippen LogP contribution in [0.4, 0.5) is 10.1 Å². The molecule has 0 saturated carbocycles. The maximum atomic E-state index is 13.4. The van der Waals surface area contributed by atoms with Crippen molar-refractivity contribution in [3.63, 3.8) is 0 Å². The molecule has 29 heavy (non-hydrogen) atoms. The third-order valence-electron chi connectivity index (χ3n) is 4.12. The van der Waals surface area contributed by atoms with E-state index in [9.17, 15) is 9.18 Å². The highest BCUT2D eigenvalue weighted by Crippen LogP contribution is 2.38. The van der Waals surface area contributed by atoms with Crippen molar-refractivity contribution in [1.82, 2.24) is 0 Å². The van der Waals surface area contributed by atoms with E-state index in [1.807, 2.05) is 24.3 Å². The van der Waals surface area contributed by atoms with Crippen LogP contribution in [-0.2, 0) is 6.42 Å². The fourth-order valence-corrected chi connectivity index (χ4v) is 3.32. The normalized spacial score (nSPS) is 10.6. The molecule has 0 bridgehead atoms. The van der Waals surface area contributed by atoms with Crippen LogP contribution in [0, 0.1) is 5.82 Å². The van der Waals surface area contributed by atoms with Crippen molar-refractivity contribution in [2.24, 2.45) is 0 Å². The lowest BCUT2D eigenvalue weighted by molar-refractivity contribution is 0.102. The van der Waals surface area contributed by atoms with Crippen molar-refractivity contribution in [2.45, 2.75) is 12.8 Å². The molecule has 3 aromatic rings. The summed E-state index contributed by atoms with van der Waals surface area (Å²) in [7, 11) is 0. The second kappa shape index (κ2) is 10.1. The van der Waals surface area contributed by atoms with Gasteiger partial charge in [0.05, 0.1) is 10.6 Å². The van der Waals surface area contributed by atoms with Crippen LogP contribution in [-0.4, -0.2) is 11.2 Å². The molecule has 0 fully saturated rings. The van der Waals surface area contributed by atoms with Gasteiger partial charge in [0.1, 0.15) is 16.6 Å². The minimum absolute atomic E-state index is 0.127. The fourth-order valence-electron chi connectivity index (χ4n) is 2.69. The van der Waals surface area contributed by atoms with Crippen LogP contribution >= 0.6 is 39.1 Å². The number of alkyl halides is 1. The van der Waals surface area contributed by atoms with Gasteiger partial charge in [0, 0.05) is 11.0 Å². The summed E-state index contributed by atoms with van der Waals surface area (Å²) in [5.74, 6) is -0.274. The van der Waals surface area contributed by atoms with Crippen molar-refractivity contribution >= 4 is 50.7 Å². The Bertz CT molecular complexity index is 1010. The number of hydrogen-bond donors (Lipinski definition) is 1. The number of rotatable bonds is 7. The number of amides is 1. The van der Waals surface area contributed by atoms with Crippen molar-refractivity contribution in [2.75, 3.05) is 10.6 Å². The molecule has 0 unspecified atom stereocenters. The van der Waals surface area contributed by atoms with Crippen LogP contribution in [0.3, 0.4) is 0 Å². The van der Waals surface area contributed by atoms with E-state index in [0.29, 0.717) is 11.4 Å². The molecule has 0 heterocycles. The smallest absolute Gasteiger partial charge is 0.259 e. The molecule has 0 spiro atoms. The summed E-state index contributed by atoms with van der Waals surface area (Å²) < 4.78 is 19.3. The molecule has 1 amide bonds. The third-order valence-corrected chi connectivity index (χ3v) is 5.47. The van der Waals surface area contributed by atoms with E-state index in [2.05, 4.69) is 21.2 Å². The molecule has 0 aromatic heterocycles. The Morgan fingerprint density at radius 2 is 1.83 bits per heavy atom. The second-order valence-electron chi connectivity index (χ2n) is 6.24. The molecule has 7 heteroatoms. The Morgan fingerprint density at radius 1 is 1.07 bits per heavy atom. The van der Waals surface area contributed by atoms with Gasteiger partial charge in [-0.05, 0) is 60.9 Å². The highest BCUT2D eigenvalue weighted by atomic mass is 79.9. The first-order valence-electron chi connectivity index (χ1n) is 8.85. The van der Waals surface area contributed by atoms with Crippen LogP contribution < -0.4 is 10.1 Å². The minimum Gasteiger partial charge on any atom is -0.455 e. The van der Waals surface area contributed by atoms with Gasteiger partial charge in [-0.25, -0.2) is 4.39 Å². The summed E-state index contributed by atoms with van der Waals surface area (Å²) in [5.41, 5.74) is 1.69. The zero-order valence-corrected chi connectivity index (χ0v) is 18.3. The lowest BCUT2D eigenvalue weighted by Crippen LogP contribution is -2.13. The maximum Gasteiger partial charge on any atom is 0.259 e. The molecule has 0 aliphatic heterocycles. The number of anilines is 1. The highest BCUT2D eigenvalue weighted by Gasteiger charge is 2.19. The highest BCUT2D eigenvalue weighted by molar-refractivity contribution is 9.09.